The van der Waals surface area contributed by atoms with E-state index in [4.69, 9.17) is 4.74 Å². The molecule has 1 amide bonds. The monoisotopic (exact) mass is 311 g/mol. The molecule has 1 N–H and O–H groups in total. The second kappa shape index (κ2) is 8.99. The molecule has 0 atom stereocenters. The Labute approximate surface area is 138 Å². The molecule has 3 heteroatoms. The van der Waals surface area contributed by atoms with Gasteiger partial charge >= 0.3 is 0 Å². The molecule has 0 fully saturated rings. The highest BCUT2D eigenvalue weighted by atomic mass is 16.5. The molecule has 0 aliphatic carbocycles. The molecular formula is C20H25NO2. The number of hydrogen-bond donors (Lipinski definition) is 1. The minimum absolute atomic E-state index is 0.0292. The Bertz CT molecular complexity index is 608. The predicted octanol–water partition coefficient (Wildman–Crippen LogP) is 4.68. The van der Waals surface area contributed by atoms with Gasteiger partial charge in [0.25, 0.3) is 0 Å². The average Bonchev–Trinajstić information content (AvgIpc) is 2.55. The molecule has 0 aliphatic rings. The van der Waals surface area contributed by atoms with Gasteiger partial charge < -0.3 is 10.1 Å². The third-order valence-corrected chi connectivity index (χ3v) is 3.45. The Kier molecular flexibility index (Phi) is 6.67. The predicted molar refractivity (Wildman–Crippen MR) is 94.8 cm³/mol. The number of carbonyl (C=O) groups excluding carboxylic acids is 1. The summed E-state index contributed by atoms with van der Waals surface area (Å²) in [7, 11) is 0. The number of anilines is 1. The lowest BCUT2D eigenvalue weighted by atomic mass is 10.1. The summed E-state index contributed by atoms with van der Waals surface area (Å²) in [6.07, 6.45) is 2.26. The average molecular weight is 311 g/mol. The number of ether oxygens (including phenoxy) is 1. The molecule has 0 unspecified atom stereocenters. The number of para-hydroxylation sites is 2. The molecule has 2 aromatic rings. The summed E-state index contributed by atoms with van der Waals surface area (Å²) in [6.45, 7) is 4.84. The molecule has 0 aliphatic heterocycles. The van der Waals surface area contributed by atoms with Crippen molar-refractivity contribution in [1.29, 1.82) is 0 Å². The molecular weight excluding hydrogens is 286 g/mol. The molecule has 2 rings (SSSR count). The summed E-state index contributed by atoms with van der Waals surface area (Å²) < 4.78 is 5.76. The van der Waals surface area contributed by atoms with Gasteiger partial charge in [-0.05, 0) is 36.5 Å². The van der Waals surface area contributed by atoms with Crippen LogP contribution in [0.3, 0.4) is 0 Å². The lowest BCUT2D eigenvalue weighted by Crippen LogP contribution is -2.13. The maximum atomic E-state index is 12.1. The van der Waals surface area contributed by atoms with Crippen molar-refractivity contribution in [2.24, 2.45) is 5.92 Å². The first-order chi connectivity index (χ1) is 11.1. The summed E-state index contributed by atoms with van der Waals surface area (Å²) in [4.78, 5) is 12.1. The number of rotatable bonds is 8. The second-order valence-corrected chi connectivity index (χ2v) is 6.09. The lowest BCUT2D eigenvalue weighted by Gasteiger charge is -2.13. The van der Waals surface area contributed by atoms with Crippen molar-refractivity contribution in [3.63, 3.8) is 0 Å². The Morgan fingerprint density at radius 2 is 1.74 bits per heavy atom. The van der Waals surface area contributed by atoms with E-state index in [0.29, 0.717) is 18.9 Å². The van der Waals surface area contributed by atoms with Crippen LogP contribution < -0.4 is 10.1 Å². The Balaban J connectivity index is 1.83. The van der Waals surface area contributed by atoms with Gasteiger partial charge in [-0.25, -0.2) is 0 Å². The Morgan fingerprint density at radius 3 is 2.48 bits per heavy atom. The van der Waals surface area contributed by atoms with Gasteiger partial charge in [0.2, 0.25) is 5.91 Å². The van der Waals surface area contributed by atoms with E-state index >= 15 is 0 Å². The van der Waals surface area contributed by atoms with Crippen molar-refractivity contribution in [3.05, 3.63) is 60.2 Å². The number of benzene rings is 2. The van der Waals surface area contributed by atoms with Crippen molar-refractivity contribution in [1.82, 2.24) is 0 Å². The zero-order valence-electron chi connectivity index (χ0n) is 13.9. The van der Waals surface area contributed by atoms with Crippen molar-refractivity contribution < 1.29 is 9.53 Å². The third-order valence-electron chi connectivity index (χ3n) is 3.45. The maximum absolute atomic E-state index is 12.1. The highest BCUT2D eigenvalue weighted by Gasteiger charge is 2.08. The largest absolute Gasteiger partial charge is 0.491 e. The van der Waals surface area contributed by atoms with Crippen molar-refractivity contribution >= 4 is 11.6 Å². The minimum atomic E-state index is 0.0292. The fourth-order valence-electron chi connectivity index (χ4n) is 2.26. The van der Waals surface area contributed by atoms with Crippen LogP contribution in [0.2, 0.25) is 0 Å². The van der Waals surface area contributed by atoms with E-state index in [-0.39, 0.29) is 5.91 Å². The van der Waals surface area contributed by atoms with E-state index in [0.717, 1.165) is 24.3 Å². The number of nitrogens with one attached hydrogen (secondary N) is 1. The summed E-state index contributed by atoms with van der Waals surface area (Å²) >= 11 is 0. The van der Waals surface area contributed by atoms with Crippen LogP contribution in [0.1, 0.15) is 32.3 Å². The first-order valence-corrected chi connectivity index (χ1v) is 8.21. The fourth-order valence-corrected chi connectivity index (χ4v) is 2.26. The van der Waals surface area contributed by atoms with Crippen molar-refractivity contribution in [2.75, 3.05) is 11.9 Å². The van der Waals surface area contributed by atoms with Crippen LogP contribution in [-0.2, 0) is 11.2 Å². The molecule has 0 radical (unpaired) electrons. The minimum Gasteiger partial charge on any atom is -0.491 e. The normalized spacial score (nSPS) is 10.6. The van der Waals surface area contributed by atoms with E-state index < -0.39 is 0 Å². The van der Waals surface area contributed by atoms with Gasteiger partial charge in [0, 0.05) is 6.42 Å². The number of aryl methyl sites for hydroxylation is 1. The molecule has 0 saturated heterocycles. The lowest BCUT2D eigenvalue weighted by molar-refractivity contribution is -0.116. The Morgan fingerprint density at radius 1 is 1.04 bits per heavy atom. The van der Waals surface area contributed by atoms with Crippen LogP contribution in [0.25, 0.3) is 0 Å². The third kappa shape index (κ3) is 6.15. The molecule has 3 nitrogen and oxygen atoms in total. The number of hydrogen-bond acceptors (Lipinski definition) is 2. The first kappa shape index (κ1) is 17.1. The Hall–Kier alpha value is -2.29. The SMILES string of the molecule is CC(C)COc1ccccc1NC(=O)CCCc1ccccc1. The smallest absolute Gasteiger partial charge is 0.224 e. The maximum Gasteiger partial charge on any atom is 0.224 e. The molecule has 0 aromatic heterocycles. The van der Waals surface area contributed by atoms with Crippen LogP contribution in [0.15, 0.2) is 54.6 Å². The molecule has 0 saturated carbocycles. The summed E-state index contributed by atoms with van der Waals surface area (Å²) in [5.74, 6) is 1.21. The van der Waals surface area contributed by atoms with E-state index in [9.17, 15) is 4.79 Å². The van der Waals surface area contributed by atoms with Crippen LogP contribution in [0.4, 0.5) is 5.69 Å². The fraction of sp³-hybridized carbons (Fsp3) is 0.350. The number of carbonyl (C=O) groups is 1. The van der Waals surface area contributed by atoms with E-state index in [1.54, 1.807) is 0 Å². The molecule has 0 heterocycles. The van der Waals surface area contributed by atoms with Crippen molar-refractivity contribution in [2.45, 2.75) is 33.1 Å². The van der Waals surface area contributed by atoms with Crippen LogP contribution in [-0.4, -0.2) is 12.5 Å². The van der Waals surface area contributed by atoms with Gasteiger partial charge in [0.1, 0.15) is 5.75 Å². The quantitative estimate of drug-likeness (QED) is 0.768. The van der Waals surface area contributed by atoms with E-state index in [1.165, 1.54) is 5.56 Å². The van der Waals surface area contributed by atoms with Gasteiger partial charge in [-0.15, -0.1) is 0 Å². The van der Waals surface area contributed by atoms with Crippen LogP contribution in [0, 0.1) is 5.92 Å². The highest BCUT2D eigenvalue weighted by Crippen LogP contribution is 2.24. The summed E-state index contributed by atoms with van der Waals surface area (Å²) in [5, 5.41) is 2.96. The molecule has 2 aromatic carbocycles. The van der Waals surface area contributed by atoms with Crippen LogP contribution >= 0.6 is 0 Å². The molecule has 0 spiro atoms. The van der Waals surface area contributed by atoms with Gasteiger partial charge in [-0.1, -0.05) is 56.3 Å². The number of amides is 1. The van der Waals surface area contributed by atoms with E-state index in [2.05, 4.69) is 31.3 Å². The van der Waals surface area contributed by atoms with Crippen LogP contribution in [0.5, 0.6) is 5.75 Å². The van der Waals surface area contributed by atoms with Gasteiger partial charge in [-0.2, -0.15) is 0 Å². The highest BCUT2D eigenvalue weighted by molar-refractivity contribution is 5.92. The molecule has 122 valence electrons. The van der Waals surface area contributed by atoms with Crippen molar-refractivity contribution in [3.8, 4) is 5.75 Å². The molecule has 23 heavy (non-hydrogen) atoms. The zero-order chi connectivity index (χ0) is 16.5. The summed E-state index contributed by atoms with van der Waals surface area (Å²) in [6, 6.07) is 17.8. The van der Waals surface area contributed by atoms with E-state index in [1.807, 2.05) is 42.5 Å². The zero-order valence-corrected chi connectivity index (χ0v) is 13.9. The first-order valence-electron chi connectivity index (χ1n) is 8.21. The second-order valence-electron chi connectivity index (χ2n) is 6.09. The standard InChI is InChI=1S/C20H25NO2/c1-16(2)15-23-19-13-7-6-12-18(19)21-20(22)14-8-11-17-9-4-3-5-10-17/h3-7,9-10,12-13,16H,8,11,14-15H2,1-2H3,(H,21,22). The van der Waals surface area contributed by atoms with Gasteiger partial charge in [-0.3, -0.25) is 4.79 Å². The summed E-state index contributed by atoms with van der Waals surface area (Å²) in [5.41, 5.74) is 2.01. The van der Waals surface area contributed by atoms with Gasteiger partial charge in [0.15, 0.2) is 0 Å². The molecule has 0 bridgehead atoms. The van der Waals surface area contributed by atoms with Gasteiger partial charge in [0.05, 0.1) is 12.3 Å². The topological polar surface area (TPSA) is 38.3 Å².